The molecule has 3 rings (SSSR count). The van der Waals surface area contributed by atoms with E-state index in [4.69, 9.17) is 14.6 Å². The van der Waals surface area contributed by atoms with Gasteiger partial charge in [-0.05, 0) is 12.8 Å². The Balaban J connectivity index is 2.03. The van der Waals surface area contributed by atoms with Gasteiger partial charge in [0.05, 0.1) is 19.3 Å². The summed E-state index contributed by atoms with van der Waals surface area (Å²) in [5.41, 5.74) is 1.31. The van der Waals surface area contributed by atoms with Crippen LogP contribution in [0.15, 0.2) is 41.4 Å². The first-order chi connectivity index (χ1) is 13.6. The minimum atomic E-state index is -3.74. The molecule has 1 saturated carbocycles. The fourth-order valence-corrected chi connectivity index (χ4v) is 5.15. The lowest BCUT2D eigenvalue weighted by atomic mass is 10.2. The fourth-order valence-electron chi connectivity index (χ4n) is 3.59. The first kappa shape index (κ1) is 21.0. The Bertz CT molecular complexity index is 838. The number of nitrogens with zero attached hydrogens (tertiary/aromatic N) is 3. The van der Waals surface area contributed by atoms with Crippen LogP contribution in [-0.2, 0) is 19.5 Å². The van der Waals surface area contributed by atoms with Crippen molar-refractivity contribution in [1.82, 2.24) is 14.1 Å². The van der Waals surface area contributed by atoms with Crippen LogP contribution >= 0.6 is 0 Å². The maximum Gasteiger partial charge on any atom is 0.246 e. The second-order valence-electron chi connectivity index (χ2n) is 7.02. The summed E-state index contributed by atoms with van der Waals surface area (Å²) in [4.78, 5) is 0.248. The third-order valence-electron chi connectivity index (χ3n) is 5.15. The predicted octanol–water partition coefficient (Wildman–Crippen LogP) is 2.95. The van der Waals surface area contributed by atoms with E-state index in [0.29, 0.717) is 18.9 Å². The van der Waals surface area contributed by atoms with Gasteiger partial charge in [0.2, 0.25) is 10.0 Å². The number of hydrogen-bond donors (Lipinski definition) is 0. The van der Waals surface area contributed by atoms with Crippen LogP contribution in [-0.4, -0.2) is 63.0 Å². The summed E-state index contributed by atoms with van der Waals surface area (Å²) in [7, 11) is -0.615. The first-order valence-corrected chi connectivity index (χ1v) is 11.1. The average molecular weight is 408 g/mol. The number of aromatic nitrogens is 2. The molecule has 154 valence electrons. The van der Waals surface area contributed by atoms with Gasteiger partial charge in [-0.15, -0.1) is 0 Å². The highest BCUT2D eigenvalue weighted by Gasteiger charge is 2.31. The molecule has 7 nitrogen and oxygen atoms in total. The van der Waals surface area contributed by atoms with Crippen LogP contribution in [0.1, 0.15) is 31.7 Å². The van der Waals surface area contributed by atoms with Gasteiger partial charge in [-0.25, -0.2) is 8.42 Å². The summed E-state index contributed by atoms with van der Waals surface area (Å²) in [5, 5.41) is 4.72. The van der Waals surface area contributed by atoms with E-state index in [9.17, 15) is 8.42 Å². The van der Waals surface area contributed by atoms with Crippen molar-refractivity contribution in [3.05, 3.63) is 36.5 Å². The zero-order chi connectivity index (χ0) is 20.0. The number of benzene rings is 1. The van der Waals surface area contributed by atoms with Crippen LogP contribution in [0.4, 0.5) is 0 Å². The van der Waals surface area contributed by atoms with E-state index < -0.39 is 10.0 Å². The lowest BCUT2D eigenvalue weighted by Gasteiger charge is -2.21. The molecular weight excluding hydrogens is 378 g/mol. The lowest BCUT2D eigenvalue weighted by Crippen LogP contribution is -2.36. The number of hydrogen-bond acceptors (Lipinski definition) is 5. The zero-order valence-electron chi connectivity index (χ0n) is 16.6. The molecule has 1 fully saturated rings. The van der Waals surface area contributed by atoms with Crippen molar-refractivity contribution >= 4 is 10.0 Å². The summed E-state index contributed by atoms with van der Waals surface area (Å²) in [6, 6.07) is 9.76. The molecule has 1 aromatic carbocycles. The molecule has 0 atom stereocenters. The van der Waals surface area contributed by atoms with E-state index in [1.54, 1.807) is 20.4 Å². The molecule has 8 heteroatoms. The summed E-state index contributed by atoms with van der Waals surface area (Å²) < 4.78 is 40.6. The highest BCUT2D eigenvalue weighted by molar-refractivity contribution is 7.89. The van der Waals surface area contributed by atoms with Gasteiger partial charge in [0.15, 0.2) is 0 Å². The molecule has 1 aliphatic rings. The molecule has 0 bridgehead atoms. The SMILES string of the molecule is COCCN(CCOC)S(=O)(=O)c1cn(C2CCCC2)nc1-c1ccccc1. The molecule has 1 aliphatic carbocycles. The Kier molecular flexibility index (Phi) is 7.23. The Morgan fingerprint density at radius 2 is 1.68 bits per heavy atom. The molecule has 0 N–H and O–H groups in total. The van der Waals surface area contributed by atoms with E-state index in [2.05, 4.69) is 0 Å². The molecule has 0 saturated heterocycles. The standard InChI is InChI=1S/C20H29N3O4S/c1-26-14-12-22(13-15-27-2)28(24,25)19-16-23(18-10-6-7-11-18)21-20(19)17-8-4-3-5-9-17/h3-5,8-9,16,18H,6-7,10-15H2,1-2H3. The molecule has 1 heterocycles. The summed E-state index contributed by atoms with van der Waals surface area (Å²) >= 11 is 0. The molecule has 0 radical (unpaired) electrons. The van der Waals surface area contributed by atoms with Crippen molar-refractivity contribution in [3.8, 4) is 11.3 Å². The quantitative estimate of drug-likeness (QED) is 0.605. The molecule has 2 aromatic rings. The molecule has 28 heavy (non-hydrogen) atoms. The molecule has 1 aromatic heterocycles. The second kappa shape index (κ2) is 9.65. The van der Waals surface area contributed by atoms with Gasteiger partial charge in [-0.3, -0.25) is 4.68 Å². The van der Waals surface area contributed by atoms with E-state index in [1.807, 2.05) is 35.0 Å². The van der Waals surface area contributed by atoms with Gasteiger partial charge in [-0.2, -0.15) is 9.40 Å². The van der Waals surface area contributed by atoms with E-state index in [1.165, 1.54) is 4.31 Å². The average Bonchev–Trinajstić information content (AvgIpc) is 3.38. The maximum absolute atomic E-state index is 13.5. The monoisotopic (exact) mass is 407 g/mol. The number of methoxy groups -OCH3 is 2. The minimum absolute atomic E-state index is 0.248. The third kappa shape index (κ3) is 4.63. The van der Waals surface area contributed by atoms with Crippen molar-refractivity contribution in [3.63, 3.8) is 0 Å². The van der Waals surface area contributed by atoms with Crippen molar-refractivity contribution in [2.75, 3.05) is 40.5 Å². The number of rotatable bonds is 10. The highest BCUT2D eigenvalue weighted by Crippen LogP contribution is 2.34. The molecule has 0 spiro atoms. The van der Waals surface area contributed by atoms with Gasteiger partial charge in [0, 0.05) is 39.1 Å². The van der Waals surface area contributed by atoms with Crippen LogP contribution in [0.25, 0.3) is 11.3 Å². The smallest absolute Gasteiger partial charge is 0.246 e. The molecule has 0 unspecified atom stereocenters. The summed E-state index contributed by atoms with van der Waals surface area (Å²) in [6.07, 6.45) is 6.08. The minimum Gasteiger partial charge on any atom is -0.383 e. The normalized spacial score (nSPS) is 15.5. The van der Waals surface area contributed by atoms with Gasteiger partial charge >= 0.3 is 0 Å². The zero-order valence-corrected chi connectivity index (χ0v) is 17.4. The highest BCUT2D eigenvalue weighted by atomic mass is 32.2. The first-order valence-electron chi connectivity index (χ1n) is 9.70. The summed E-state index contributed by atoms with van der Waals surface area (Å²) in [5.74, 6) is 0. The fraction of sp³-hybridized carbons (Fsp3) is 0.550. The van der Waals surface area contributed by atoms with Crippen LogP contribution in [0.2, 0.25) is 0 Å². The Hall–Kier alpha value is -1.74. The topological polar surface area (TPSA) is 73.7 Å². The third-order valence-corrected chi connectivity index (χ3v) is 7.05. The predicted molar refractivity (Wildman–Crippen MR) is 108 cm³/mol. The van der Waals surface area contributed by atoms with Crippen LogP contribution in [0.3, 0.4) is 0 Å². The number of sulfonamides is 1. The van der Waals surface area contributed by atoms with Gasteiger partial charge in [-0.1, -0.05) is 43.2 Å². The van der Waals surface area contributed by atoms with Crippen molar-refractivity contribution < 1.29 is 17.9 Å². The van der Waals surface area contributed by atoms with E-state index >= 15 is 0 Å². The van der Waals surface area contributed by atoms with Gasteiger partial charge in [0.25, 0.3) is 0 Å². The Labute approximate surface area is 167 Å². The second-order valence-corrected chi connectivity index (χ2v) is 8.92. The van der Waals surface area contributed by atoms with Crippen molar-refractivity contribution in [2.45, 2.75) is 36.6 Å². The lowest BCUT2D eigenvalue weighted by molar-refractivity contribution is 0.150. The van der Waals surface area contributed by atoms with Gasteiger partial charge < -0.3 is 9.47 Å². The van der Waals surface area contributed by atoms with Crippen LogP contribution < -0.4 is 0 Å². The van der Waals surface area contributed by atoms with E-state index in [0.717, 1.165) is 31.2 Å². The summed E-state index contributed by atoms with van der Waals surface area (Å²) in [6.45, 7) is 1.18. The van der Waals surface area contributed by atoms with Gasteiger partial charge in [0.1, 0.15) is 10.6 Å². The van der Waals surface area contributed by atoms with Crippen LogP contribution in [0.5, 0.6) is 0 Å². The largest absolute Gasteiger partial charge is 0.383 e. The number of ether oxygens (including phenoxy) is 2. The maximum atomic E-state index is 13.5. The molecular formula is C20H29N3O4S. The van der Waals surface area contributed by atoms with Crippen molar-refractivity contribution in [2.24, 2.45) is 0 Å². The Morgan fingerprint density at radius 3 is 2.25 bits per heavy atom. The molecule has 0 aliphatic heterocycles. The van der Waals surface area contributed by atoms with Crippen molar-refractivity contribution in [1.29, 1.82) is 0 Å². The van der Waals surface area contributed by atoms with Crippen LogP contribution in [0, 0.1) is 0 Å². The molecule has 0 amide bonds. The van der Waals surface area contributed by atoms with E-state index in [-0.39, 0.29) is 24.0 Å². The Morgan fingerprint density at radius 1 is 1.07 bits per heavy atom.